The third-order valence-corrected chi connectivity index (χ3v) is 3.26. The van der Waals surface area contributed by atoms with E-state index >= 15 is 0 Å². The van der Waals surface area contributed by atoms with Crippen LogP contribution in [-0.2, 0) is 19.4 Å². The highest BCUT2D eigenvalue weighted by atomic mass is 15.1. The van der Waals surface area contributed by atoms with E-state index in [4.69, 9.17) is 0 Å². The van der Waals surface area contributed by atoms with Crippen molar-refractivity contribution >= 4 is 0 Å². The second kappa shape index (κ2) is 5.50. The quantitative estimate of drug-likeness (QED) is 0.791. The molecule has 1 aromatic heterocycles. The van der Waals surface area contributed by atoms with Crippen LogP contribution in [0.1, 0.15) is 38.1 Å². The fourth-order valence-electron chi connectivity index (χ4n) is 2.31. The van der Waals surface area contributed by atoms with Gasteiger partial charge < -0.3 is 9.88 Å². The van der Waals surface area contributed by atoms with E-state index in [1.807, 2.05) is 6.33 Å². The molecule has 1 aliphatic carbocycles. The lowest BCUT2D eigenvalue weighted by molar-refractivity contribution is 0.588. The molecular weight excluding hydrogens is 210 g/mol. The minimum Gasteiger partial charge on any atom is -0.330 e. The molecule has 3 nitrogen and oxygen atoms in total. The van der Waals surface area contributed by atoms with Crippen LogP contribution in [0.25, 0.3) is 0 Å². The summed E-state index contributed by atoms with van der Waals surface area (Å²) in [6.45, 7) is 10.3. The molecule has 2 rings (SSSR count). The Morgan fingerprint density at radius 2 is 2.24 bits per heavy atom. The van der Waals surface area contributed by atoms with E-state index in [-0.39, 0.29) is 0 Å². The summed E-state index contributed by atoms with van der Waals surface area (Å²) in [6.07, 6.45) is 6.91. The van der Waals surface area contributed by atoms with Crippen molar-refractivity contribution in [1.82, 2.24) is 14.9 Å². The van der Waals surface area contributed by atoms with E-state index in [2.05, 4.69) is 35.3 Å². The van der Waals surface area contributed by atoms with Crippen molar-refractivity contribution in [2.45, 2.75) is 52.1 Å². The second-order valence-electron chi connectivity index (χ2n) is 5.26. The van der Waals surface area contributed by atoms with E-state index in [0.717, 1.165) is 19.5 Å². The monoisotopic (exact) mass is 233 g/mol. The minimum atomic E-state index is 0.517. The first-order valence-electron chi connectivity index (χ1n) is 6.59. The van der Waals surface area contributed by atoms with Gasteiger partial charge in [0.2, 0.25) is 0 Å². The average Bonchev–Trinajstić information content (AvgIpc) is 2.70. The third-order valence-electron chi connectivity index (χ3n) is 3.26. The summed E-state index contributed by atoms with van der Waals surface area (Å²) in [6, 6.07) is 0.517. The summed E-state index contributed by atoms with van der Waals surface area (Å²) in [5.41, 5.74) is 3.97. The Kier molecular flexibility index (Phi) is 4.00. The van der Waals surface area contributed by atoms with Crippen molar-refractivity contribution in [3.8, 4) is 0 Å². The molecule has 0 amide bonds. The van der Waals surface area contributed by atoms with Crippen LogP contribution in [0.5, 0.6) is 0 Å². The highest BCUT2D eigenvalue weighted by molar-refractivity contribution is 5.17. The minimum absolute atomic E-state index is 0.517. The lowest BCUT2D eigenvalue weighted by Crippen LogP contribution is -2.26. The Morgan fingerprint density at radius 3 is 3.00 bits per heavy atom. The van der Waals surface area contributed by atoms with Crippen LogP contribution in [0.2, 0.25) is 0 Å². The molecule has 0 saturated carbocycles. The number of fused-ring (bicyclic) bond motifs is 1. The molecule has 0 bridgehead atoms. The third kappa shape index (κ3) is 3.19. The normalized spacial score (nSPS) is 15.0. The van der Waals surface area contributed by atoms with Crippen LogP contribution in [0.4, 0.5) is 0 Å². The van der Waals surface area contributed by atoms with Crippen molar-refractivity contribution in [2.24, 2.45) is 0 Å². The molecule has 1 aromatic rings. The van der Waals surface area contributed by atoms with Gasteiger partial charge in [0.25, 0.3) is 0 Å². The van der Waals surface area contributed by atoms with Crippen LogP contribution in [0, 0.1) is 0 Å². The largest absolute Gasteiger partial charge is 0.330 e. The lowest BCUT2D eigenvalue weighted by Gasteiger charge is -2.16. The second-order valence-corrected chi connectivity index (χ2v) is 5.26. The smallest absolute Gasteiger partial charge is 0.0954 e. The van der Waals surface area contributed by atoms with Crippen molar-refractivity contribution in [3.05, 3.63) is 29.9 Å². The van der Waals surface area contributed by atoms with Gasteiger partial charge in [0.05, 0.1) is 12.0 Å². The van der Waals surface area contributed by atoms with E-state index < -0.39 is 0 Å². The van der Waals surface area contributed by atoms with Gasteiger partial charge in [0, 0.05) is 24.8 Å². The molecule has 94 valence electrons. The summed E-state index contributed by atoms with van der Waals surface area (Å²) in [7, 11) is 0. The number of nitrogens with zero attached hydrogens (tertiary/aromatic N) is 2. The Morgan fingerprint density at radius 1 is 1.47 bits per heavy atom. The Bertz CT molecular complexity index is 390. The summed E-state index contributed by atoms with van der Waals surface area (Å²) in [4.78, 5) is 4.51. The van der Waals surface area contributed by atoms with E-state index in [9.17, 15) is 0 Å². The highest BCUT2D eigenvalue weighted by Gasteiger charge is 2.15. The maximum atomic E-state index is 4.51. The van der Waals surface area contributed by atoms with Gasteiger partial charge in [-0.15, -0.1) is 0 Å². The van der Waals surface area contributed by atoms with Gasteiger partial charge in [-0.3, -0.25) is 0 Å². The molecule has 0 aliphatic heterocycles. The van der Waals surface area contributed by atoms with Crippen LogP contribution in [-0.4, -0.2) is 22.1 Å². The molecular formula is C14H23N3. The number of aromatic nitrogens is 2. The van der Waals surface area contributed by atoms with Crippen molar-refractivity contribution < 1.29 is 0 Å². The molecule has 0 saturated heterocycles. The summed E-state index contributed by atoms with van der Waals surface area (Å²) >= 11 is 0. The molecule has 3 heteroatoms. The van der Waals surface area contributed by atoms with E-state index in [0.29, 0.717) is 6.04 Å². The predicted octanol–water partition coefficient (Wildman–Crippen LogP) is 2.32. The Balaban J connectivity index is 1.94. The Labute approximate surface area is 104 Å². The fourth-order valence-corrected chi connectivity index (χ4v) is 2.31. The van der Waals surface area contributed by atoms with E-state index in [1.54, 1.807) is 0 Å². The maximum Gasteiger partial charge on any atom is 0.0954 e. The summed E-state index contributed by atoms with van der Waals surface area (Å²) in [5, 5.41) is 3.40. The standard InChI is InChI=1S/C14H23N3/c1-11(2)15-8-12(3)9-17-10-16-13-6-4-5-7-14(13)17/h10-11,15H,3-9H2,1-2H3. The van der Waals surface area contributed by atoms with Gasteiger partial charge in [-0.05, 0) is 31.3 Å². The molecule has 0 spiro atoms. The first kappa shape index (κ1) is 12.4. The number of hydrogen-bond donors (Lipinski definition) is 1. The van der Waals surface area contributed by atoms with Crippen LogP contribution in [0.15, 0.2) is 18.5 Å². The lowest BCUT2D eigenvalue weighted by atomic mass is 10.0. The van der Waals surface area contributed by atoms with Crippen LogP contribution >= 0.6 is 0 Å². The maximum absolute atomic E-state index is 4.51. The van der Waals surface area contributed by atoms with Crippen molar-refractivity contribution in [1.29, 1.82) is 0 Å². The molecule has 0 atom stereocenters. The van der Waals surface area contributed by atoms with Crippen molar-refractivity contribution in [3.63, 3.8) is 0 Å². The van der Waals surface area contributed by atoms with Gasteiger partial charge in [0.15, 0.2) is 0 Å². The van der Waals surface area contributed by atoms with Gasteiger partial charge in [-0.2, -0.15) is 0 Å². The van der Waals surface area contributed by atoms with Gasteiger partial charge in [0.1, 0.15) is 0 Å². The van der Waals surface area contributed by atoms with Crippen LogP contribution < -0.4 is 5.32 Å². The predicted molar refractivity (Wildman–Crippen MR) is 71.1 cm³/mol. The SMILES string of the molecule is C=C(CNC(C)C)Cn1cnc2c1CCCC2. The fraction of sp³-hybridized carbons (Fsp3) is 0.643. The number of aryl methyl sites for hydroxylation is 1. The first-order valence-corrected chi connectivity index (χ1v) is 6.59. The number of imidazole rings is 1. The number of rotatable bonds is 5. The van der Waals surface area contributed by atoms with Gasteiger partial charge in [-0.25, -0.2) is 4.98 Å². The molecule has 0 fully saturated rings. The average molecular weight is 233 g/mol. The zero-order valence-electron chi connectivity index (χ0n) is 11.0. The zero-order valence-corrected chi connectivity index (χ0v) is 11.0. The van der Waals surface area contributed by atoms with E-state index in [1.165, 1.54) is 36.2 Å². The molecule has 0 unspecified atom stereocenters. The molecule has 0 radical (unpaired) electrons. The highest BCUT2D eigenvalue weighted by Crippen LogP contribution is 2.20. The van der Waals surface area contributed by atoms with Gasteiger partial charge >= 0.3 is 0 Å². The Hall–Kier alpha value is -1.09. The van der Waals surface area contributed by atoms with Crippen molar-refractivity contribution in [2.75, 3.05) is 6.54 Å². The summed E-state index contributed by atoms with van der Waals surface area (Å²) < 4.78 is 2.28. The number of nitrogens with one attached hydrogen (secondary N) is 1. The molecule has 0 aromatic carbocycles. The van der Waals surface area contributed by atoms with Crippen LogP contribution in [0.3, 0.4) is 0 Å². The molecule has 1 heterocycles. The summed E-state index contributed by atoms with van der Waals surface area (Å²) in [5.74, 6) is 0. The number of hydrogen-bond acceptors (Lipinski definition) is 2. The first-order chi connectivity index (χ1) is 8.16. The van der Waals surface area contributed by atoms with Gasteiger partial charge in [-0.1, -0.05) is 20.4 Å². The molecule has 17 heavy (non-hydrogen) atoms. The molecule has 1 N–H and O–H groups in total. The zero-order chi connectivity index (χ0) is 12.3. The molecule has 1 aliphatic rings. The topological polar surface area (TPSA) is 29.9 Å².